The van der Waals surface area contributed by atoms with Crippen LogP contribution in [0.25, 0.3) is 11.6 Å². The zero-order valence-electron chi connectivity index (χ0n) is 12.9. The Morgan fingerprint density at radius 3 is 2.64 bits per heavy atom. The summed E-state index contributed by atoms with van der Waals surface area (Å²) in [6.07, 6.45) is 1.47. The molecular weight excluding hydrogens is 352 g/mol. The molecule has 130 valence electrons. The van der Waals surface area contributed by atoms with Gasteiger partial charge in [0.15, 0.2) is 5.76 Å². The number of para-hydroxylation sites is 1. The number of furan rings is 1. The Kier molecular flexibility index (Phi) is 4.70. The lowest BCUT2D eigenvalue weighted by Gasteiger charge is -2.12. The second-order valence-corrected chi connectivity index (χ2v) is 6.31. The molecule has 2 aromatic heterocycles. The molecule has 0 spiro atoms. The molecule has 3 aromatic rings. The molecule has 0 fully saturated rings. The molecule has 10 heteroatoms. The fourth-order valence-corrected chi connectivity index (χ4v) is 2.76. The van der Waals surface area contributed by atoms with Crippen molar-refractivity contribution in [3.05, 3.63) is 48.2 Å². The number of aromatic nitrogens is 3. The van der Waals surface area contributed by atoms with Gasteiger partial charge in [-0.15, -0.1) is 10.2 Å². The number of nitrogens with zero attached hydrogens (tertiary/aromatic N) is 3. The van der Waals surface area contributed by atoms with E-state index in [4.69, 9.17) is 10.3 Å². The molecule has 0 bridgehead atoms. The first-order valence-corrected chi connectivity index (χ1v) is 8.01. The second-order valence-electron chi connectivity index (χ2n) is 5.00. The summed E-state index contributed by atoms with van der Waals surface area (Å²) in [6, 6.07) is 6.67. The number of thioether (sulfide) groups is 1. The third-order valence-electron chi connectivity index (χ3n) is 3.27. The summed E-state index contributed by atoms with van der Waals surface area (Å²) in [5.41, 5.74) is -0.495. The highest BCUT2D eigenvalue weighted by Crippen LogP contribution is 2.26. The predicted octanol–water partition coefficient (Wildman–Crippen LogP) is 2.65. The van der Waals surface area contributed by atoms with Crippen LogP contribution in [0, 0.1) is 11.6 Å². The Morgan fingerprint density at radius 1 is 1.28 bits per heavy atom. The van der Waals surface area contributed by atoms with Gasteiger partial charge in [-0.1, -0.05) is 17.8 Å². The highest BCUT2D eigenvalue weighted by Gasteiger charge is 2.22. The van der Waals surface area contributed by atoms with E-state index in [-0.39, 0.29) is 5.16 Å². The van der Waals surface area contributed by atoms with Gasteiger partial charge >= 0.3 is 0 Å². The van der Waals surface area contributed by atoms with Gasteiger partial charge in [0.25, 0.3) is 0 Å². The maximum atomic E-state index is 13.6. The fraction of sp³-hybridized carbons (Fsp3) is 0.133. The van der Waals surface area contributed by atoms with Crippen LogP contribution in [0.2, 0.25) is 0 Å². The molecule has 7 nitrogen and oxygen atoms in total. The van der Waals surface area contributed by atoms with Crippen molar-refractivity contribution in [2.24, 2.45) is 0 Å². The van der Waals surface area contributed by atoms with Crippen molar-refractivity contribution < 1.29 is 18.0 Å². The van der Waals surface area contributed by atoms with Gasteiger partial charge in [0, 0.05) is 0 Å². The van der Waals surface area contributed by atoms with Crippen molar-refractivity contribution in [3.63, 3.8) is 0 Å². The first-order valence-electron chi connectivity index (χ1n) is 7.13. The van der Waals surface area contributed by atoms with Crippen LogP contribution < -0.4 is 11.2 Å². The lowest BCUT2D eigenvalue weighted by molar-refractivity contribution is -0.115. The third-order valence-corrected chi connectivity index (χ3v) is 4.33. The number of carbonyl (C=O) groups is 1. The average Bonchev–Trinajstić information content (AvgIpc) is 3.21. The number of nitrogens with one attached hydrogen (secondary N) is 1. The van der Waals surface area contributed by atoms with Crippen LogP contribution in [0.1, 0.15) is 6.92 Å². The molecular formula is C15H13F2N5O2S. The van der Waals surface area contributed by atoms with Crippen molar-refractivity contribution in [3.8, 4) is 11.6 Å². The molecule has 0 aliphatic rings. The van der Waals surface area contributed by atoms with Crippen LogP contribution >= 0.6 is 11.8 Å². The monoisotopic (exact) mass is 365 g/mol. The molecule has 0 aliphatic carbocycles. The van der Waals surface area contributed by atoms with E-state index in [0.29, 0.717) is 11.6 Å². The lowest BCUT2D eigenvalue weighted by atomic mass is 10.3. The Labute approximate surface area is 145 Å². The SMILES string of the molecule is C[C@@H](Sc1nnc(-c2ccco2)n1N)C(=O)Nc1c(F)cccc1F. The quantitative estimate of drug-likeness (QED) is 0.533. The summed E-state index contributed by atoms with van der Waals surface area (Å²) >= 11 is 0.993. The summed E-state index contributed by atoms with van der Waals surface area (Å²) in [5.74, 6) is 4.31. The zero-order valence-corrected chi connectivity index (χ0v) is 13.8. The number of hydrogen-bond acceptors (Lipinski definition) is 6. The third kappa shape index (κ3) is 3.48. The van der Waals surface area contributed by atoms with Crippen molar-refractivity contribution in [1.29, 1.82) is 0 Å². The molecule has 0 saturated carbocycles. The van der Waals surface area contributed by atoms with E-state index in [9.17, 15) is 13.6 Å². The Balaban J connectivity index is 1.72. The number of nitrogens with two attached hydrogens (primary N) is 1. The number of benzene rings is 1. The zero-order chi connectivity index (χ0) is 18.0. The van der Waals surface area contributed by atoms with Gasteiger partial charge in [-0.25, -0.2) is 13.5 Å². The fourth-order valence-electron chi connectivity index (χ4n) is 1.98. The Morgan fingerprint density at radius 2 is 2.00 bits per heavy atom. The van der Waals surface area contributed by atoms with Gasteiger partial charge in [0.05, 0.1) is 11.5 Å². The van der Waals surface area contributed by atoms with Crippen LogP contribution in [0.15, 0.2) is 46.2 Å². The molecule has 0 aliphatic heterocycles. The number of amides is 1. The number of carbonyl (C=O) groups excluding carboxylic acids is 1. The minimum Gasteiger partial charge on any atom is -0.461 e. The summed E-state index contributed by atoms with van der Waals surface area (Å²) in [6.45, 7) is 1.56. The molecule has 0 unspecified atom stereocenters. The highest BCUT2D eigenvalue weighted by molar-refractivity contribution is 8.00. The second kappa shape index (κ2) is 6.93. The average molecular weight is 365 g/mol. The van der Waals surface area contributed by atoms with Crippen molar-refractivity contribution in [2.45, 2.75) is 17.3 Å². The van der Waals surface area contributed by atoms with Crippen LogP contribution in [0.4, 0.5) is 14.5 Å². The van der Waals surface area contributed by atoms with Gasteiger partial charge in [0.1, 0.15) is 17.3 Å². The van der Waals surface area contributed by atoms with E-state index < -0.39 is 28.5 Å². The molecule has 0 radical (unpaired) electrons. The van der Waals surface area contributed by atoms with E-state index in [1.807, 2.05) is 0 Å². The van der Waals surface area contributed by atoms with E-state index in [0.717, 1.165) is 23.9 Å². The van der Waals surface area contributed by atoms with Crippen LogP contribution in [-0.4, -0.2) is 26.0 Å². The lowest BCUT2D eigenvalue weighted by Crippen LogP contribution is -2.24. The molecule has 2 heterocycles. The maximum Gasteiger partial charge on any atom is 0.237 e. The number of hydrogen-bond donors (Lipinski definition) is 2. The van der Waals surface area contributed by atoms with E-state index >= 15 is 0 Å². The predicted molar refractivity (Wildman–Crippen MR) is 88.2 cm³/mol. The highest BCUT2D eigenvalue weighted by atomic mass is 32.2. The van der Waals surface area contributed by atoms with Crippen LogP contribution in [0.3, 0.4) is 0 Å². The molecule has 25 heavy (non-hydrogen) atoms. The van der Waals surface area contributed by atoms with Crippen LogP contribution in [0.5, 0.6) is 0 Å². The van der Waals surface area contributed by atoms with Crippen LogP contribution in [-0.2, 0) is 4.79 Å². The Bertz CT molecular complexity index is 877. The van der Waals surface area contributed by atoms with Gasteiger partial charge in [0.2, 0.25) is 16.9 Å². The number of halogens is 2. The normalized spacial score (nSPS) is 12.1. The minimum absolute atomic E-state index is 0.253. The minimum atomic E-state index is -0.854. The molecule has 1 atom stereocenters. The maximum absolute atomic E-state index is 13.6. The topological polar surface area (TPSA) is 99.0 Å². The summed E-state index contributed by atoms with van der Waals surface area (Å²) in [5, 5.41) is 9.56. The number of rotatable bonds is 5. The Hall–Kier alpha value is -2.88. The summed E-state index contributed by atoms with van der Waals surface area (Å²) < 4.78 is 33.6. The van der Waals surface area contributed by atoms with E-state index in [1.54, 1.807) is 19.1 Å². The summed E-state index contributed by atoms with van der Waals surface area (Å²) in [4.78, 5) is 12.2. The van der Waals surface area contributed by atoms with Gasteiger partial charge in [-0.2, -0.15) is 0 Å². The number of nitrogen functional groups attached to an aromatic ring is 1. The standard InChI is InChI=1S/C15H13F2N5O2S/c1-8(14(23)19-12-9(16)4-2-5-10(12)17)25-15-21-20-13(22(15)18)11-6-3-7-24-11/h2-8H,18H2,1H3,(H,19,23)/t8-/m1/s1. The molecule has 1 aromatic carbocycles. The van der Waals surface area contributed by atoms with E-state index in [1.165, 1.54) is 17.0 Å². The smallest absolute Gasteiger partial charge is 0.237 e. The molecule has 3 rings (SSSR count). The van der Waals surface area contributed by atoms with Gasteiger partial charge in [-0.3, -0.25) is 4.79 Å². The molecule has 3 N–H and O–H groups in total. The molecule has 1 amide bonds. The van der Waals surface area contributed by atoms with Crippen molar-refractivity contribution >= 4 is 23.4 Å². The first-order chi connectivity index (χ1) is 12.0. The van der Waals surface area contributed by atoms with Crippen molar-refractivity contribution in [1.82, 2.24) is 14.9 Å². The first kappa shape index (κ1) is 17.0. The largest absolute Gasteiger partial charge is 0.461 e. The van der Waals surface area contributed by atoms with Gasteiger partial charge < -0.3 is 15.6 Å². The number of anilines is 1. The molecule has 0 saturated heterocycles. The van der Waals surface area contributed by atoms with Crippen molar-refractivity contribution in [2.75, 3.05) is 11.2 Å². The van der Waals surface area contributed by atoms with Gasteiger partial charge in [-0.05, 0) is 31.2 Å². The van der Waals surface area contributed by atoms with E-state index in [2.05, 4.69) is 15.5 Å². The summed E-state index contributed by atoms with van der Waals surface area (Å²) in [7, 11) is 0.